The third kappa shape index (κ3) is 3.74. The lowest BCUT2D eigenvalue weighted by Gasteiger charge is -2.08. The highest BCUT2D eigenvalue weighted by molar-refractivity contribution is 6.30. The van der Waals surface area contributed by atoms with Crippen LogP contribution in [0.15, 0.2) is 73.3 Å². The second-order valence-corrected chi connectivity index (χ2v) is 6.97. The number of rotatable bonds is 5. The Hall–Kier alpha value is -3.04. The fraction of sp³-hybridized carbons (Fsp3) is 0.0870. The van der Waals surface area contributed by atoms with Crippen LogP contribution in [0.3, 0.4) is 0 Å². The molecule has 0 aliphatic heterocycles. The van der Waals surface area contributed by atoms with Crippen molar-refractivity contribution < 1.29 is 5.11 Å². The molecular formula is C23H19ClN2O. The lowest BCUT2D eigenvalue weighted by atomic mass is 9.98. The van der Waals surface area contributed by atoms with Crippen molar-refractivity contribution in [3.8, 4) is 11.1 Å². The molecule has 0 spiro atoms. The summed E-state index contributed by atoms with van der Waals surface area (Å²) in [6.45, 7) is 3.66. The molecule has 0 unspecified atom stereocenters. The van der Waals surface area contributed by atoms with Gasteiger partial charge in [0.1, 0.15) is 11.6 Å². The molecular weight excluding hydrogens is 356 g/mol. The fourth-order valence-electron chi connectivity index (χ4n) is 3.25. The summed E-state index contributed by atoms with van der Waals surface area (Å²) in [5, 5.41) is 10.6. The number of nitrogens with zero attached hydrogens (tertiary/aromatic N) is 1. The van der Waals surface area contributed by atoms with Gasteiger partial charge in [-0.15, -0.1) is 0 Å². The van der Waals surface area contributed by atoms with Gasteiger partial charge in [-0.1, -0.05) is 60.6 Å². The summed E-state index contributed by atoms with van der Waals surface area (Å²) in [5.74, 6) is 1.02. The number of H-pyrrole nitrogens is 1. The van der Waals surface area contributed by atoms with E-state index in [-0.39, 0.29) is 5.76 Å². The summed E-state index contributed by atoms with van der Waals surface area (Å²) in [6.07, 6.45) is 1.73. The Labute approximate surface area is 163 Å². The van der Waals surface area contributed by atoms with Gasteiger partial charge in [0.15, 0.2) is 0 Å². The number of aromatic nitrogens is 2. The molecule has 0 aliphatic carbocycles. The number of aliphatic hydroxyl groups excluding tert-OH is 1. The first-order chi connectivity index (χ1) is 13.1. The van der Waals surface area contributed by atoms with Gasteiger partial charge in [-0.2, -0.15) is 0 Å². The Morgan fingerprint density at radius 2 is 1.78 bits per heavy atom. The van der Waals surface area contributed by atoms with Crippen molar-refractivity contribution in [2.24, 2.45) is 0 Å². The number of fused-ring (bicyclic) bond motifs is 1. The first-order valence-corrected chi connectivity index (χ1v) is 9.19. The molecule has 0 fully saturated rings. The van der Waals surface area contributed by atoms with Crippen LogP contribution in [-0.2, 0) is 12.8 Å². The van der Waals surface area contributed by atoms with E-state index in [1.807, 2.05) is 60.7 Å². The third-order valence-corrected chi connectivity index (χ3v) is 4.90. The number of aromatic amines is 1. The molecule has 0 aliphatic rings. The Kier molecular flexibility index (Phi) is 4.69. The Balaban J connectivity index is 1.60. The van der Waals surface area contributed by atoms with Crippen molar-refractivity contribution in [1.82, 2.24) is 9.97 Å². The highest BCUT2D eigenvalue weighted by Gasteiger charge is 2.09. The molecule has 3 nitrogen and oxygen atoms in total. The first-order valence-electron chi connectivity index (χ1n) is 8.81. The minimum atomic E-state index is 0.0685. The van der Waals surface area contributed by atoms with Gasteiger partial charge in [-0.25, -0.2) is 4.98 Å². The van der Waals surface area contributed by atoms with Gasteiger partial charge in [0.2, 0.25) is 0 Å². The molecule has 3 aromatic carbocycles. The van der Waals surface area contributed by atoms with Crippen LogP contribution in [-0.4, -0.2) is 15.1 Å². The van der Waals surface area contributed by atoms with Crippen molar-refractivity contribution in [3.05, 3.63) is 95.3 Å². The van der Waals surface area contributed by atoms with E-state index < -0.39 is 0 Å². The minimum Gasteiger partial charge on any atom is -0.508 e. The summed E-state index contributed by atoms with van der Waals surface area (Å²) >= 11 is 5.94. The van der Waals surface area contributed by atoms with Crippen LogP contribution >= 0.6 is 11.6 Å². The predicted octanol–water partition coefficient (Wildman–Crippen LogP) is 6.20. The largest absolute Gasteiger partial charge is 0.508 e. The molecule has 0 bridgehead atoms. The maximum Gasteiger partial charge on any atom is 0.116 e. The highest BCUT2D eigenvalue weighted by Crippen LogP contribution is 2.29. The molecule has 4 rings (SSSR count). The summed E-state index contributed by atoms with van der Waals surface area (Å²) < 4.78 is 0. The summed E-state index contributed by atoms with van der Waals surface area (Å²) in [5.41, 5.74) is 5.85. The maximum absolute atomic E-state index is 9.86. The van der Waals surface area contributed by atoms with Gasteiger partial charge in [0.05, 0.1) is 11.0 Å². The monoisotopic (exact) mass is 374 g/mol. The van der Waals surface area contributed by atoms with Gasteiger partial charge >= 0.3 is 0 Å². The second kappa shape index (κ2) is 7.29. The Bertz CT molecular complexity index is 1110. The van der Waals surface area contributed by atoms with Crippen LogP contribution in [0.1, 0.15) is 17.0 Å². The Morgan fingerprint density at radius 3 is 2.56 bits per heavy atom. The number of hydrogen-bond donors (Lipinski definition) is 2. The third-order valence-electron chi connectivity index (χ3n) is 4.64. The van der Waals surface area contributed by atoms with Crippen molar-refractivity contribution in [1.29, 1.82) is 0 Å². The molecule has 4 heteroatoms. The van der Waals surface area contributed by atoms with E-state index in [1.54, 1.807) is 0 Å². The Morgan fingerprint density at radius 1 is 1.00 bits per heavy atom. The zero-order valence-electron chi connectivity index (χ0n) is 14.7. The van der Waals surface area contributed by atoms with Crippen molar-refractivity contribution in [3.63, 3.8) is 0 Å². The fourth-order valence-corrected chi connectivity index (χ4v) is 3.37. The quantitative estimate of drug-likeness (QED) is 0.409. The van der Waals surface area contributed by atoms with Crippen molar-refractivity contribution in [2.45, 2.75) is 12.8 Å². The zero-order chi connectivity index (χ0) is 18.8. The molecule has 134 valence electrons. The average molecular weight is 375 g/mol. The molecule has 0 atom stereocenters. The van der Waals surface area contributed by atoms with Gasteiger partial charge < -0.3 is 10.1 Å². The van der Waals surface area contributed by atoms with Crippen molar-refractivity contribution >= 4 is 28.4 Å². The predicted molar refractivity (Wildman–Crippen MR) is 112 cm³/mol. The number of halogens is 1. The second-order valence-electron chi connectivity index (χ2n) is 6.53. The van der Waals surface area contributed by atoms with Crippen LogP contribution in [0.5, 0.6) is 0 Å². The van der Waals surface area contributed by atoms with Gasteiger partial charge in [0, 0.05) is 17.0 Å². The van der Waals surface area contributed by atoms with E-state index in [4.69, 9.17) is 11.6 Å². The number of imidazole rings is 1. The maximum atomic E-state index is 9.86. The van der Waals surface area contributed by atoms with E-state index in [1.165, 1.54) is 5.56 Å². The zero-order valence-corrected chi connectivity index (χ0v) is 15.5. The smallest absolute Gasteiger partial charge is 0.116 e. The molecule has 4 aromatic rings. The topological polar surface area (TPSA) is 48.9 Å². The van der Waals surface area contributed by atoms with Crippen molar-refractivity contribution in [2.75, 3.05) is 0 Å². The number of nitrogens with one attached hydrogen (secondary N) is 1. The minimum absolute atomic E-state index is 0.0685. The summed E-state index contributed by atoms with van der Waals surface area (Å²) in [4.78, 5) is 8.10. The number of aliphatic hydroxyl groups is 1. The van der Waals surface area contributed by atoms with Gasteiger partial charge in [-0.3, -0.25) is 0 Å². The molecule has 0 saturated heterocycles. The van der Waals surface area contributed by atoms with Crippen LogP contribution in [0.2, 0.25) is 5.02 Å². The lowest BCUT2D eigenvalue weighted by Crippen LogP contribution is -1.93. The van der Waals surface area contributed by atoms with Crippen LogP contribution in [0.4, 0.5) is 0 Å². The molecule has 0 saturated carbocycles. The van der Waals surface area contributed by atoms with E-state index in [9.17, 15) is 5.11 Å². The number of hydrogen-bond acceptors (Lipinski definition) is 2. The summed E-state index contributed by atoms with van der Waals surface area (Å²) in [6, 6.07) is 21.7. The normalized spacial score (nSPS) is 11.0. The first kappa shape index (κ1) is 17.4. The SMILES string of the molecule is C=C(O)c1ccccc1-c1ccc2nc(CCc3ccc(Cl)cc3)[nH]c2c1. The molecule has 0 radical (unpaired) electrons. The number of benzene rings is 3. The van der Waals surface area contributed by atoms with E-state index in [2.05, 4.69) is 22.6 Å². The van der Waals surface area contributed by atoms with Gasteiger partial charge in [-0.05, 0) is 47.4 Å². The van der Waals surface area contributed by atoms with E-state index in [0.29, 0.717) is 0 Å². The molecule has 0 amide bonds. The average Bonchev–Trinajstić information content (AvgIpc) is 3.09. The molecule has 1 aromatic heterocycles. The molecule has 27 heavy (non-hydrogen) atoms. The van der Waals surface area contributed by atoms with E-state index in [0.717, 1.165) is 51.4 Å². The lowest BCUT2D eigenvalue weighted by molar-refractivity contribution is 0.514. The highest BCUT2D eigenvalue weighted by atomic mass is 35.5. The van der Waals surface area contributed by atoms with E-state index >= 15 is 0 Å². The van der Waals surface area contributed by atoms with Crippen LogP contribution in [0.25, 0.3) is 27.9 Å². The van der Waals surface area contributed by atoms with Gasteiger partial charge in [0.25, 0.3) is 0 Å². The number of aryl methyl sites for hydroxylation is 2. The molecule has 2 N–H and O–H groups in total. The molecule has 1 heterocycles. The summed E-state index contributed by atoms with van der Waals surface area (Å²) in [7, 11) is 0. The standard InChI is InChI=1S/C23H19ClN2O/c1-15(27)19-4-2-3-5-20(19)17-9-12-21-22(14-17)26-23(25-21)13-8-16-6-10-18(24)11-7-16/h2-7,9-12,14,27H,1,8,13H2,(H,25,26). The van der Waals surface area contributed by atoms with Crippen LogP contribution < -0.4 is 0 Å². The van der Waals surface area contributed by atoms with Crippen LogP contribution in [0, 0.1) is 0 Å².